The summed E-state index contributed by atoms with van der Waals surface area (Å²) in [6, 6.07) is 0. The van der Waals surface area contributed by atoms with Crippen LogP contribution in [0.1, 0.15) is 72.1 Å². The number of fused-ring (bicyclic) bond motifs is 5. The Morgan fingerprint density at radius 1 is 1.00 bits per heavy atom. The third-order valence-electron chi connectivity index (χ3n) is 9.54. The summed E-state index contributed by atoms with van der Waals surface area (Å²) in [7, 11) is 0. The van der Waals surface area contributed by atoms with Crippen molar-refractivity contribution in [1.29, 1.82) is 0 Å². The van der Waals surface area contributed by atoms with Gasteiger partial charge in [0.2, 0.25) is 0 Å². The summed E-state index contributed by atoms with van der Waals surface area (Å²) in [5.74, 6) is 1.59. The van der Waals surface area contributed by atoms with Gasteiger partial charge in [0.15, 0.2) is 0 Å². The topological polar surface area (TPSA) is 43.4 Å². The summed E-state index contributed by atoms with van der Waals surface area (Å²) in [5.41, 5.74) is -1.86. The predicted molar refractivity (Wildman–Crippen MR) is 112 cm³/mol. The van der Waals surface area contributed by atoms with Gasteiger partial charge in [-0.2, -0.15) is 0 Å². The van der Waals surface area contributed by atoms with Crippen molar-refractivity contribution in [3.63, 3.8) is 0 Å². The molecule has 0 spiro atoms. The molecule has 4 fully saturated rings. The van der Waals surface area contributed by atoms with E-state index < -0.39 is 11.6 Å². The monoisotopic (exact) mass is 446 g/mol. The fourth-order valence-electron chi connectivity index (χ4n) is 8.20. The Hall–Kier alpha value is -0.350. The van der Waals surface area contributed by atoms with E-state index >= 15 is 0 Å². The number of esters is 1. The minimum atomic E-state index is -2.10. The molecule has 29 heavy (non-hydrogen) atoms. The van der Waals surface area contributed by atoms with Crippen LogP contribution in [0.5, 0.6) is 0 Å². The molecule has 4 rings (SSSR count). The lowest BCUT2D eigenvalue weighted by Crippen LogP contribution is -2.57. The molecule has 6 heteroatoms. The largest absolute Gasteiger partial charge is 0.459 e. The lowest BCUT2D eigenvalue weighted by Gasteiger charge is -2.62. The van der Waals surface area contributed by atoms with Gasteiger partial charge in [-0.15, -0.1) is 11.6 Å². The van der Waals surface area contributed by atoms with Crippen LogP contribution >= 0.6 is 23.2 Å². The van der Waals surface area contributed by atoms with E-state index in [4.69, 9.17) is 27.9 Å². The maximum Gasteiger partial charge on any atom is 0.356 e. The van der Waals surface area contributed by atoms with Crippen LogP contribution < -0.4 is 0 Å². The van der Waals surface area contributed by atoms with Crippen molar-refractivity contribution in [1.82, 2.24) is 0 Å². The summed E-state index contributed by atoms with van der Waals surface area (Å²) >= 11 is 12.2. The average molecular weight is 447 g/mol. The van der Waals surface area contributed by atoms with Gasteiger partial charge in [0.1, 0.15) is 11.9 Å². The quantitative estimate of drug-likeness (QED) is 0.400. The highest BCUT2D eigenvalue weighted by atomic mass is 35.5. The second kappa shape index (κ2) is 7.65. The smallest absolute Gasteiger partial charge is 0.356 e. The van der Waals surface area contributed by atoms with E-state index in [-0.39, 0.29) is 34.1 Å². The second-order valence-electron chi connectivity index (χ2n) is 10.7. The molecule has 0 N–H and O–H groups in total. The van der Waals surface area contributed by atoms with Crippen LogP contribution in [-0.4, -0.2) is 28.9 Å². The number of Topliss-reactive ketones (excluding diaryl/α,β-unsaturated/α-hetero) is 1. The molecule has 3 nitrogen and oxygen atoms in total. The Labute approximate surface area is 183 Å². The van der Waals surface area contributed by atoms with E-state index in [2.05, 4.69) is 13.8 Å². The molecule has 0 radical (unpaired) electrons. The molecule has 164 valence electrons. The molecular weight excluding hydrogens is 414 g/mol. The number of carbonyl (C=O) groups is 2. The standard InChI is InChI=1S/C23H33Cl2FO3/c1-12(27)15-4-5-16-14-11-19(24)18-10-13(29-21(28)20(25)26)6-8-23(18,3)17(14)7-9-22(15,16)2/h13-20H,4-11H2,1-3H3/t13-,14-,15+,16-,17-,18?,19+,20?,22+,23+/m0/s1. The van der Waals surface area contributed by atoms with Crippen LogP contribution in [0.25, 0.3) is 0 Å². The number of carbonyl (C=O) groups excluding carboxylic acids is 2. The van der Waals surface area contributed by atoms with Crippen molar-refractivity contribution in [3.8, 4) is 0 Å². The van der Waals surface area contributed by atoms with Crippen LogP contribution in [-0.2, 0) is 14.3 Å². The Bertz CT molecular complexity index is 685. The van der Waals surface area contributed by atoms with Crippen molar-refractivity contribution in [2.24, 2.45) is 40.4 Å². The molecule has 0 aliphatic heterocycles. The van der Waals surface area contributed by atoms with E-state index in [1.165, 1.54) is 0 Å². The van der Waals surface area contributed by atoms with Gasteiger partial charge < -0.3 is 4.74 Å². The first-order chi connectivity index (χ1) is 13.6. The maximum atomic E-state index is 13.0. The van der Waals surface area contributed by atoms with Crippen molar-refractivity contribution in [3.05, 3.63) is 0 Å². The summed E-state index contributed by atoms with van der Waals surface area (Å²) in [6.45, 7) is 6.49. The molecule has 0 aromatic carbocycles. The number of halogens is 3. The van der Waals surface area contributed by atoms with Crippen molar-refractivity contribution < 1.29 is 18.7 Å². The Morgan fingerprint density at radius 3 is 2.31 bits per heavy atom. The van der Waals surface area contributed by atoms with Crippen molar-refractivity contribution in [2.75, 3.05) is 0 Å². The van der Waals surface area contributed by atoms with Crippen molar-refractivity contribution in [2.45, 2.75) is 89.2 Å². The van der Waals surface area contributed by atoms with Gasteiger partial charge in [-0.3, -0.25) is 4.79 Å². The number of hydrogen-bond donors (Lipinski definition) is 0. The molecule has 0 aromatic rings. The third-order valence-corrected chi connectivity index (χ3v) is 10.2. The van der Waals surface area contributed by atoms with E-state index in [9.17, 15) is 14.0 Å². The highest BCUT2D eigenvalue weighted by Crippen LogP contribution is 2.68. The fraction of sp³-hybridized carbons (Fsp3) is 0.913. The third kappa shape index (κ3) is 3.45. The lowest BCUT2D eigenvalue weighted by atomic mass is 9.44. The lowest BCUT2D eigenvalue weighted by molar-refractivity contribution is -0.164. The molecular formula is C23H33Cl2FO3. The molecule has 4 aliphatic carbocycles. The maximum absolute atomic E-state index is 13.0. The zero-order valence-electron chi connectivity index (χ0n) is 17.6. The summed E-state index contributed by atoms with van der Waals surface area (Å²) in [6.07, 6.45) is 7.49. The number of rotatable bonds is 3. The van der Waals surface area contributed by atoms with Gasteiger partial charge in [-0.05, 0) is 92.8 Å². The van der Waals surface area contributed by atoms with Crippen LogP contribution in [0, 0.1) is 40.4 Å². The first kappa shape index (κ1) is 21.9. The first-order valence-corrected chi connectivity index (χ1v) is 12.1. The molecule has 10 atom stereocenters. The molecule has 0 heterocycles. The van der Waals surface area contributed by atoms with Crippen molar-refractivity contribution >= 4 is 35.0 Å². The first-order valence-electron chi connectivity index (χ1n) is 11.2. The van der Waals surface area contributed by atoms with Gasteiger partial charge in [0.05, 0.1) is 0 Å². The number of ketones is 1. The zero-order valence-corrected chi connectivity index (χ0v) is 19.1. The van der Waals surface area contributed by atoms with Crippen LogP contribution in [0.4, 0.5) is 4.39 Å². The molecule has 0 saturated heterocycles. The second-order valence-corrected chi connectivity index (χ2v) is 11.6. The fourth-order valence-corrected chi connectivity index (χ4v) is 8.85. The summed E-state index contributed by atoms with van der Waals surface area (Å²) < 4.78 is 18.4. The Morgan fingerprint density at radius 2 is 1.66 bits per heavy atom. The molecule has 0 bridgehead atoms. The van der Waals surface area contributed by atoms with E-state index in [0.29, 0.717) is 30.0 Å². The molecule has 2 unspecified atom stereocenters. The summed E-state index contributed by atoms with van der Waals surface area (Å²) in [4.78, 5) is 23.9. The Kier molecular flexibility index (Phi) is 5.77. The molecule has 4 aliphatic rings. The molecule has 4 saturated carbocycles. The van der Waals surface area contributed by atoms with Gasteiger partial charge in [-0.25, -0.2) is 9.18 Å². The van der Waals surface area contributed by atoms with Gasteiger partial charge in [0.25, 0.3) is 5.63 Å². The number of ether oxygens (including phenoxy) is 1. The predicted octanol–water partition coefficient (Wildman–Crippen LogP) is 5.90. The van der Waals surface area contributed by atoms with Crippen LogP contribution in [0.2, 0.25) is 0 Å². The molecule has 0 amide bonds. The van der Waals surface area contributed by atoms with Gasteiger partial charge >= 0.3 is 5.97 Å². The average Bonchev–Trinajstić information content (AvgIpc) is 3.00. The van der Waals surface area contributed by atoms with E-state index in [0.717, 1.165) is 44.9 Å². The SMILES string of the molecule is CC(=O)[C@H]1CC[C@H]2[C@@H]3C[C@@H](Cl)C4C[C@@H](OC(=O)C(F)Cl)CC[C@]4(C)[C@H]3CC[C@]12C. The molecule has 0 aromatic heterocycles. The zero-order chi connectivity index (χ0) is 21.1. The normalized spacial score (nSPS) is 50.1. The Balaban J connectivity index is 1.54. The van der Waals surface area contributed by atoms with E-state index in [1.54, 1.807) is 6.92 Å². The van der Waals surface area contributed by atoms with Crippen LogP contribution in [0.3, 0.4) is 0 Å². The minimum absolute atomic E-state index is 0.0265. The summed E-state index contributed by atoms with van der Waals surface area (Å²) in [5, 5.41) is 0.0265. The number of hydrogen-bond acceptors (Lipinski definition) is 3. The van der Waals surface area contributed by atoms with Crippen LogP contribution in [0.15, 0.2) is 0 Å². The van der Waals surface area contributed by atoms with E-state index in [1.807, 2.05) is 0 Å². The minimum Gasteiger partial charge on any atom is -0.459 e. The van der Waals surface area contributed by atoms with Gasteiger partial charge in [-0.1, -0.05) is 25.4 Å². The van der Waals surface area contributed by atoms with Gasteiger partial charge in [0, 0.05) is 11.3 Å². The highest BCUT2D eigenvalue weighted by Gasteiger charge is 2.62. The number of alkyl halides is 3. The highest BCUT2D eigenvalue weighted by molar-refractivity contribution is 6.28.